The summed E-state index contributed by atoms with van der Waals surface area (Å²) in [4.78, 5) is 9.52. The van der Waals surface area contributed by atoms with Gasteiger partial charge >= 0.3 is 0 Å². The maximum absolute atomic E-state index is 8.60. The molecule has 0 amide bonds. The molecule has 5 heteroatoms. The molecule has 0 fully saturated rings. The molecule has 0 radical (unpaired) electrons. The molecular weight excluding hydrogens is 554 g/mol. The number of rotatable bonds is 5. The van der Waals surface area contributed by atoms with Crippen LogP contribution in [0, 0.1) is 13.7 Å². The van der Waals surface area contributed by atoms with Crippen LogP contribution in [-0.4, -0.2) is 14.5 Å². The van der Waals surface area contributed by atoms with Crippen molar-refractivity contribution in [3.8, 4) is 28.2 Å². The Morgan fingerprint density at radius 2 is 1.44 bits per heavy atom. The quantitative estimate of drug-likeness (QED) is 0.199. The minimum Gasteiger partial charge on any atom is -0.453 e. The van der Waals surface area contributed by atoms with Gasteiger partial charge in [0.05, 0.1) is 22.3 Å². The Bertz CT molecular complexity index is 2600. The van der Waals surface area contributed by atoms with Crippen molar-refractivity contribution in [3.05, 3.63) is 114 Å². The molecule has 0 N–H and O–H groups in total. The zero-order chi connectivity index (χ0) is 36.0. The molecule has 0 bridgehead atoms. The molecule has 0 saturated heterocycles. The molecule has 3 heterocycles. The van der Waals surface area contributed by atoms with Crippen molar-refractivity contribution >= 4 is 44.1 Å². The van der Waals surface area contributed by atoms with Crippen LogP contribution in [0.25, 0.3) is 72.3 Å². The third-order valence-electron chi connectivity index (χ3n) is 8.68. The van der Waals surface area contributed by atoms with E-state index >= 15 is 0 Å². The second-order valence-corrected chi connectivity index (χ2v) is 12.2. The molecule has 45 heavy (non-hydrogen) atoms. The Labute approximate surface area is 270 Å². The Kier molecular flexibility index (Phi) is 4.88. The van der Waals surface area contributed by atoms with E-state index in [4.69, 9.17) is 22.0 Å². The SMILES string of the molecule is [2H]C([2H])([2H])c1nc2c(ccc3c4cccc(-c5nc6cccc(C([2H])([2H])[2H])c6n5-c5c(C(C)C)cc(-c6ccccc6)cc5C(C)C)c4oc32)o1. The monoisotopic (exact) mass is 595 g/mol. The van der Waals surface area contributed by atoms with Crippen molar-refractivity contribution in [2.45, 2.75) is 53.2 Å². The van der Waals surface area contributed by atoms with E-state index in [0.29, 0.717) is 44.7 Å². The zero-order valence-electron chi connectivity index (χ0n) is 31.5. The van der Waals surface area contributed by atoms with E-state index in [1.54, 1.807) is 18.2 Å². The zero-order valence-corrected chi connectivity index (χ0v) is 25.5. The van der Waals surface area contributed by atoms with Gasteiger partial charge in [-0.1, -0.05) is 82.3 Å². The Morgan fingerprint density at radius 3 is 2.18 bits per heavy atom. The Balaban J connectivity index is 1.51. The minimum atomic E-state index is -2.52. The first kappa shape index (κ1) is 21.5. The van der Waals surface area contributed by atoms with Crippen molar-refractivity contribution < 1.29 is 17.1 Å². The normalized spacial score (nSPS) is 14.7. The second-order valence-electron chi connectivity index (χ2n) is 12.2. The number of aromatic nitrogens is 3. The van der Waals surface area contributed by atoms with Crippen LogP contribution in [0.2, 0.25) is 0 Å². The predicted octanol–water partition coefficient (Wildman–Crippen LogP) is 11.3. The maximum atomic E-state index is 8.60. The maximum Gasteiger partial charge on any atom is 0.192 e. The molecule has 0 unspecified atom stereocenters. The van der Waals surface area contributed by atoms with Gasteiger partial charge in [0.15, 0.2) is 22.6 Å². The minimum absolute atomic E-state index is 0.0706. The highest BCUT2D eigenvalue weighted by atomic mass is 16.4. The number of fused-ring (bicyclic) bond motifs is 6. The number of furan rings is 1. The highest BCUT2D eigenvalue weighted by Gasteiger charge is 2.26. The highest BCUT2D eigenvalue weighted by molar-refractivity contribution is 6.15. The van der Waals surface area contributed by atoms with Crippen LogP contribution in [0.5, 0.6) is 0 Å². The number of nitrogens with zero attached hydrogens (tertiary/aromatic N) is 3. The van der Waals surface area contributed by atoms with Gasteiger partial charge in [0, 0.05) is 25.8 Å². The molecule has 222 valence electrons. The molecular formula is C40H35N3O2. The summed E-state index contributed by atoms with van der Waals surface area (Å²) in [6.45, 7) is 3.66. The smallest absolute Gasteiger partial charge is 0.192 e. The van der Waals surface area contributed by atoms with Gasteiger partial charge in [-0.05, 0) is 82.9 Å². The first-order chi connectivity index (χ1) is 24.2. The summed E-state index contributed by atoms with van der Waals surface area (Å²) in [5.41, 5.74) is 8.64. The van der Waals surface area contributed by atoms with Crippen LogP contribution in [0.4, 0.5) is 0 Å². The lowest BCUT2D eigenvalue weighted by Crippen LogP contribution is -2.10. The largest absolute Gasteiger partial charge is 0.453 e. The average molecular weight is 596 g/mol. The number of hydrogen-bond acceptors (Lipinski definition) is 4. The lowest BCUT2D eigenvalue weighted by atomic mass is 9.88. The van der Waals surface area contributed by atoms with E-state index in [1.807, 2.05) is 53.1 Å². The standard InChI is InChI=1S/C40H35N3O2/c1-22(2)31-20-27(26-13-8-7-9-14-26)21-32(23(3)4)37(31)43-36-24(5)12-10-17-33(36)42-40(43)30-16-11-15-28-29-18-19-34-35(41-25(6)44-34)39(29)45-38(28)30/h7-23H,1-6H3/i5D3,6D3. The molecule has 3 aromatic heterocycles. The topological polar surface area (TPSA) is 57.0 Å². The third-order valence-corrected chi connectivity index (χ3v) is 8.68. The molecule has 0 aliphatic carbocycles. The number of hydrogen-bond donors (Lipinski definition) is 0. The molecule has 0 aliphatic rings. The Hall–Kier alpha value is -5.16. The third kappa shape index (κ3) is 4.21. The highest BCUT2D eigenvalue weighted by Crippen LogP contribution is 2.43. The van der Waals surface area contributed by atoms with Crippen LogP contribution in [-0.2, 0) is 0 Å². The van der Waals surface area contributed by atoms with E-state index in [0.717, 1.165) is 38.7 Å². The Morgan fingerprint density at radius 1 is 0.689 bits per heavy atom. The number of para-hydroxylation sites is 2. The van der Waals surface area contributed by atoms with Crippen LogP contribution >= 0.6 is 0 Å². The molecule has 0 spiro atoms. The number of aryl methyl sites for hydroxylation is 2. The van der Waals surface area contributed by atoms with E-state index < -0.39 is 13.7 Å². The lowest BCUT2D eigenvalue weighted by molar-refractivity contribution is 0.561. The summed E-state index contributed by atoms with van der Waals surface area (Å²) >= 11 is 0. The molecule has 0 saturated carbocycles. The first-order valence-electron chi connectivity index (χ1n) is 18.2. The average Bonchev–Trinajstić information content (AvgIpc) is 3.80. The fourth-order valence-electron chi connectivity index (χ4n) is 6.56. The van der Waals surface area contributed by atoms with E-state index in [2.05, 4.69) is 56.9 Å². The van der Waals surface area contributed by atoms with Crippen molar-refractivity contribution in [3.63, 3.8) is 0 Å². The lowest BCUT2D eigenvalue weighted by Gasteiger charge is -2.24. The molecule has 5 aromatic carbocycles. The number of oxazole rings is 1. The molecule has 5 nitrogen and oxygen atoms in total. The molecule has 0 atom stereocenters. The number of imidazole rings is 1. The molecule has 8 aromatic rings. The summed E-state index contributed by atoms with van der Waals surface area (Å²) in [5.74, 6) is 0.315. The second kappa shape index (κ2) is 10.2. The van der Waals surface area contributed by atoms with Gasteiger partial charge in [0.25, 0.3) is 0 Å². The van der Waals surface area contributed by atoms with Gasteiger partial charge in [-0.3, -0.25) is 4.57 Å². The van der Waals surface area contributed by atoms with Crippen molar-refractivity contribution in [1.82, 2.24) is 14.5 Å². The van der Waals surface area contributed by atoms with Crippen LogP contribution in [0.15, 0.2) is 99.8 Å². The fraction of sp³-hybridized carbons (Fsp3) is 0.200. The summed E-state index contributed by atoms with van der Waals surface area (Å²) in [7, 11) is 0. The van der Waals surface area contributed by atoms with E-state index in [1.165, 1.54) is 0 Å². The van der Waals surface area contributed by atoms with Crippen molar-refractivity contribution in [2.75, 3.05) is 0 Å². The van der Waals surface area contributed by atoms with Gasteiger partial charge in [-0.2, -0.15) is 0 Å². The van der Waals surface area contributed by atoms with E-state index in [-0.39, 0.29) is 23.3 Å². The summed E-state index contributed by atoms with van der Waals surface area (Å²) in [6, 6.07) is 29.3. The van der Waals surface area contributed by atoms with Crippen molar-refractivity contribution in [1.29, 1.82) is 0 Å². The van der Waals surface area contributed by atoms with Crippen LogP contribution < -0.4 is 0 Å². The molecule has 8 rings (SSSR count). The number of benzene rings is 5. The van der Waals surface area contributed by atoms with Gasteiger partial charge in [-0.25, -0.2) is 9.97 Å². The van der Waals surface area contributed by atoms with E-state index in [9.17, 15) is 0 Å². The fourth-order valence-corrected chi connectivity index (χ4v) is 6.56. The predicted molar refractivity (Wildman–Crippen MR) is 184 cm³/mol. The van der Waals surface area contributed by atoms with Crippen LogP contribution in [0.3, 0.4) is 0 Å². The van der Waals surface area contributed by atoms with Gasteiger partial charge in [-0.15, -0.1) is 0 Å². The van der Waals surface area contributed by atoms with Gasteiger partial charge < -0.3 is 8.83 Å². The van der Waals surface area contributed by atoms with Gasteiger partial charge in [0.2, 0.25) is 0 Å². The summed E-state index contributed by atoms with van der Waals surface area (Å²) < 4.78 is 63.6. The molecule has 0 aliphatic heterocycles. The summed E-state index contributed by atoms with van der Waals surface area (Å²) in [5, 5.41) is 1.53. The van der Waals surface area contributed by atoms with Crippen LogP contribution in [0.1, 0.15) is 70.3 Å². The first-order valence-corrected chi connectivity index (χ1v) is 15.2. The van der Waals surface area contributed by atoms with Gasteiger partial charge in [0.1, 0.15) is 11.4 Å². The summed E-state index contributed by atoms with van der Waals surface area (Å²) in [6.07, 6.45) is 0. The van der Waals surface area contributed by atoms with Crippen molar-refractivity contribution in [2.24, 2.45) is 0 Å².